The van der Waals surface area contributed by atoms with Gasteiger partial charge in [-0.3, -0.25) is 0 Å². The van der Waals surface area contributed by atoms with Gasteiger partial charge in [0, 0.05) is 0 Å². The summed E-state index contributed by atoms with van der Waals surface area (Å²) in [7, 11) is 0. The fourth-order valence-corrected chi connectivity index (χ4v) is 1.64. The van der Waals surface area contributed by atoms with Gasteiger partial charge >= 0.3 is 0 Å². The average Bonchev–Trinajstić information content (AvgIpc) is 2.27. The molecule has 0 saturated carbocycles. The molecule has 1 rings (SSSR count). The highest BCUT2D eigenvalue weighted by Gasteiger charge is 2.01. The number of hydrogen-bond acceptors (Lipinski definition) is 1. The molecule has 0 N–H and O–H groups in total. The van der Waals surface area contributed by atoms with Crippen LogP contribution in [0.5, 0.6) is 5.75 Å². The van der Waals surface area contributed by atoms with Crippen LogP contribution in [0.15, 0.2) is 24.3 Å². The second kappa shape index (κ2) is 6.49. The molecule has 84 valence electrons. The minimum atomic E-state index is 0.654. The van der Waals surface area contributed by atoms with Crippen LogP contribution in [0.25, 0.3) is 0 Å². The highest BCUT2D eigenvalue weighted by atomic mass is 16.5. The standard InChI is InChI=1S/C14H22O/c1-4-6-12(3)11-15-14-9-7-13(5-2)8-10-14/h7-10,12H,4-6,11H2,1-3H3. The second-order valence-corrected chi connectivity index (χ2v) is 4.20. The molecule has 0 aliphatic carbocycles. The van der Waals surface area contributed by atoms with E-state index in [4.69, 9.17) is 4.74 Å². The molecule has 1 heteroatoms. The van der Waals surface area contributed by atoms with Crippen LogP contribution in [0.1, 0.15) is 39.2 Å². The molecule has 15 heavy (non-hydrogen) atoms. The predicted octanol–water partition coefficient (Wildman–Crippen LogP) is 4.06. The smallest absolute Gasteiger partial charge is 0.119 e. The van der Waals surface area contributed by atoms with Gasteiger partial charge in [-0.15, -0.1) is 0 Å². The molecule has 0 aliphatic heterocycles. The van der Waals surface area contributed by atoms with Crippen LogP contribution in [0, 0.1) is 5.92 Å². The van der Waals surface area contributed by atoms with Crippen molar-refractivity contribution < 1.29 is 4.74 Å². The summed E-state index contributed by atoms with van der Waals surface area (Å²) in [5.41, 5.74) is 1.36. The van der Waals surface area contributed by atoms with Crippen LogP contribution in [0.4, 0.5) is 0 Å². The van der Waals surface area contributed by atoms with Crippen molar-refractivity contribution in [3.05, 3.63) is 29.8 Å². The van der Waals surface area contributed by atoms with E-state index in [-0.39, 0.29) is 0 Å². The maximum atomic E-state index is 5.72. The van der Waals surface area contributed by atoms with Crippen LogP contribution in [-0.4, -0.2) is 6.61 Å². The van der Waals surface area contributed by atoms with E-state index < -0.39 is 0 Å². The van der Waals surface area contributed by atoms with E-state index in [1.165, 1.54) is 18.4 Å². The quantitative estimate of drug-likeness (QED) is 0.682. The van der Waals surface area contributed by atoms with E-state index in [0.717, 1.165) is 18.8 Å². The van der Waals surface area contributed by atoms with E-state index in [1.807, 2.05) is 0 Å². The summed E-state index contributed by atoms with van der Waals surface area (Å²) in [5.74, 6) is 1.65. The van der Waals surface area contributed by atoms with Gasteiger partial charge in [0.25, 0.3) is 0 Å². The SMILES string of the molecule is CCCC(C)COc1ccc(CC)cc1. The zero-order valence-corrected chi connectivity index (χ0v) is 10.1. The van der Waals surface area contributed by atoms with Crippen LogP contribution in [0.2, 0.25) is 0 Å². The number of rotatable bonds is 6. The molecule has 1 aromatic rings. The van der Waals surface area contributed by atoms with Gasteiger partial charge in [0.15, 0.2) is 0 Å². The van der Waals surface area contributed by atoms with E-state index >= 15 is 0 Å². The third-order valence-corrected chi connectivity index (χ3v) is 2.65. The molecular weight excluding hydrogens is 184 g/mol. The first-order chi connectivity index (χ1) is 7.26. The maximum Gasteiger partial charge on any atom is 0.119 e. The summed E-state index contributed by atoms with van der Waals surface area (Å²) in [6.07, 6.45) is 3.57. The van der Waals surface area contributed by atoms with Gasteiger partial charge in [-0.1, -0.05) is 39.3 Å². The first-order valence-corrected chi connectivity index (χ1v) is 5.98. The number of benzene rings is 1. The number of ether oxygens (including phenoxy) is 1. The molecule has 0 bridgehead atoms. The van der Waals surface area contributed by atoms with E-state index in [9.17, 15) is 0 Å². The predicted molar refractivity (Wildman–Crippen MR) is 65.4 cm³/mol. The molecule has 1 atom stereocenters. The Hall–Kier alpha value is -0.980. The fraction of sp³-hybridized carbons (Fsp3) is 0.571. The first kappa shape index (κ1) is 12.1. The third kappa shape index (κ3) is 4.37. The normalized spacial score (nSPS) is 12.5. The molecular formula is C14H22O. The Balaban J connectivity index is 2.37. The van der Waals surface area contributed by atoms with Gasteiger partial charge in [-0.2, -0.15) is 0 Å². The zero-order valence-electron chi connectivity index (χ0n) is 10.1. The molecule has 1 aromatic carbocycles. The molecule has 1 unspecified atom stereocenters. The lowest BCUT2D eigenvalue weighted by Crippen LogP contribution is -2.08. The molecule has 0 fully saturated rings. The van der Waals surface area contributed by atoms with Crippen molar-refractivity contribution in [1.82, 2.24) is 0 Å². The molecule has 0 amide bonds. The van der Waals surface area contributed by atoms with Crippen LogP contribution >= 0.6 is 0 Å². The molecule has 0 heterocycles. The van der Waals surface area contributed by atoms with Crippen molar-refractivity contribution in [2.45, 2.75) is 40.0 Å². The fourth-order valence-electron chi connectivity index (χ4n) is 1.64. The lowest BCUT2D eigenvalue weighted by atomic mass is 10.1. The minimum absolute atomic E-state index is 0.654. The van der Waals surface area contributed by atoms with E-state index in [1.54, 1.807) is 0 Å². The van der Waals surface area contributed by atoms with Gasteiger partial charge in [0.1, 0.15) is 5.75 Å². The molecule has 0 saturated heterocycles. The number of aryl methyl sites for hydroxylation is 1. The van der Waals surface area contributed by atoms with E-state index in [2.05, 4.69) is 45.0 Å². The number of hydrogen-bond donors (Lipinski definition) is 0. The van der Waals surface area contributed by atoms with Crippen LogP contribution < -0.4 is 4.74 Å². The van der Waals surface area contributed by atoms with Gasteiger partial charge in [0.05, 0.1) is 6.61 Å². The Kier molecular flexibility index (Phi) is 5.23. The van der Waals surface area contributed by atoms with Gasteiger partial charge in [-0.25, -0.2) is 0 Å². The van der Waals surface area contributed by atoms with Crippen molar-refractivity contribution in [2.75, 3.05) is 6.61 Å². The summed E-state index contributed by atoms with van der Waals surface area (Å²) >= 11 is 0. The zero-order chi connectivity index (χ0) is 11.1. The summed E-state index contributed by atoms with van der Waals surface area (Å²) in [6, 6.07) is 8.41. The van der Waals surface area contributed by atoms with Gasteiger partial charge < -0.3 is 4.74 Å². The minimum Gasteiger partial charge on any atom is -0.493 e. The van der Waals surface area contributed by atoms with Crippen molar-refractivity contribution in [3.63, 3.8) is 0 Å². The third-order valence-electron chi connectivity index (χ3n) is 2.65. The molecule has 1 nitrogen and oxygen atoms in total. The highest BCUT2D eigenvalue weighted by Crippen LogP contribution is 2.14. The average molecular weight is 206 g/mol. The largest absolute Gasteiger partial charge is 0.493 e. The Morgan fingerprint density at radius 2 is 1.80 bits per heavy atom. The maximum absolute atomic E-state index is 5.72. The molecule has 0 aliphatic rings. The summed E-state index contributed by atoms with van der Waals surface area (Å²) in [4.78, 5) is 0. The molecule has 0 radical (unpaired) electrons. The summed E-state index contributed by atoms with van der Waals surface area (Å²) in [5, 5.41) is 0. The molecule has 0 spiro atoms. The lowest BCUT2D eigenvalue weighted by molar-refractivity contribution is 0.251. The Labute approximate surface area is 93.5 Å². The Morgan fingerprint density at radius 3 is 2.33 bits per heavy atom. The van der Waals surface area contributed by atoms with Crippen LogP contribution in [-0.2, 0) is 6.42 Å². The summed E-state index contributed by atoms with van der Waals surface area (Å²) in [6.45, 7) is 7.45. The Bertz CT molecular complexity index is 263. The second-order valence-electron chi connectivity index (χ2n) is 4.20. The van der Waals surface area contributed by atoms with E-state index in [0.29, 0.717) is 5.92 Å². The monoisotopic (exact) mass is 206 g/mol. The van der Waals surface area contributed by atoms with Crippen LogP contribution in [0.3, 0.4) is 0 Å². The van der Waals surface area contributed by atoms with Gasteiger partial charge in [0.2, 0.25) is 0 Å². The van der Waals surface area contributed by atoms with Crippen molar-refractivity contribution in [3.8, 4) is 5.75 Å². The molecule has 0 aromatic heterocycles. The van der Waals surface area contributed by atoms with Gasteiger partial charge in [-0.05, 0) is 36.5 Å². The lowest BCUT2D eigenvalue weighted by Gasteiger charge is -2.12. The highest BCUT2D eigenvalue weighted by molar-refractivity contribution is 5.27. The van der Waals surface area contributed by atoms with Crippen molar-refractivity contribution in [1.29, 1.82) is 0 Å². The van der Waals surface area contributed by atoms with Crippen molar-refractivity contribution in [2.24, 2.45) is 5.92 Å². The van der Waals surface area contributed by atoms with Crippen molar-refractivity contribution >= 4 is 0 Å². The summed E-state index contributed by atoms with van der Waals surface area (Å²) < 4.78 is 5.72. The first-order valence-electron chi connectivity index (χ1n) is 5.98. The Morgan fingerprint density at radius 1 is 1.13 bits per heavy atom. The topological polar surface area (TPSA) is 9.23 Å².